The van der Waals surface area contributed by atoms with Gasteiger partial charge in [-0.1, -0.05) is 26.0 Å². The maximum absolute atomic E-state index is 13.0. The Morgan fingerprint density at radius 1 is 1.38 bits per heavy atom. The van der Waals surface area contributed by atoms with Gasteiger partial charge >= 0.3 is 5.82 Å². The molecule has 1 aromatic carbocycles. The van der Waals surface area contributed by atoms with Crippen LogP contribution in [0.2, 0.25) is 0 Å². The molecule has 1 N–H and O–H groups in total. The van der Waals surface area contributed by atoms with Crippen LogP contribution in [0.15, 0.2) is 30.5 Å². The summed E-state index contributed by atoms with van der Waals surface area (Å²) in [4.78, 5) is 26.0. The number of rotatable bonds is 6. The number of hydrogen-bond donors (Lipinski definition) is 1. The first-order valence-corrected chi connectivity index (χ1v) is 7.40. The number of nitrogens with one attached hydrogen (secondary N) is 1. The summed E-state index contributed by atoms with van der Waals surface area (Å²) in [5, 5.41) is 13.5. The van der Waals surface area contributed by atoms with E-state index in [0.717, 1.165) is 5.56 Å². The van der Waals surface area contributed by atoms with Gasteiger partial charge in [0.2, 0.25) is 11.7 Å². The molecule has 0 radical (unpaired) electrons. The molecule has 128 valence electrons. The molecule has 24 heavy (non-hydrogen) atoms. The highest BCUT2D eigenvalue weighted by Crippen LogP contribution is 2.22. The summed E-state index contributed by atoms with van der Waals surface area (Å²) >= 11 is 0. The van der Waals surface area contributed by atoms with Crippen LogP contribution >= 0.6 is 0 Å². The van der Waals surface area contributed by atoms with Crippen LogP contribution in [-0.4, -0.2) is 26.9 Å². The highest BCUT2D eigenvalue weighted by molar-refractivity contribution is 5.76. The summed E-state index contributed by atoms with van der Waals surface area (Å²) < 4.78 is 14.4. The lowest BCUT2D eigenvalue weighted by atomic mass is 9.84. The van der Waals surface area contributed by atoms with Crippen molar-refractivity contribution in [2.24, 2.45) is 0 Å². The van der Waals surface area contributed by atoms with E-state index in [4.69, 9.17) is 0 Å². The van der Waals surface area contributed by atoms with E-state index < -0.39 is 4.92 Å². The Labute approximate surface area is 138 Å². The molecule has 0 fully saturated rings. The van der Waals surface area contributed by atoms with Gasteiger partial charge in [0.1, 0.15) is 18.6 Å². The van der Waals surface area contributed by atoms with Crippen LogP contribution in [0.3, 0.4) is 0 Å². The van der Waals surface area contributed by atoms with Gasteiger partial charge in [-0.15, -0.1) is 0 Å². The summed E-state index contributed by atoms with van der Waals surface area (Å²) in [5.74, 6) is -0.474. The number of halogens is 1. The minimum Gasteiger partial charge on any atom is -0.358 e. The first-order chi connectivity index (χ1) is 11.2. The molecule has 0 saturated carbocycles. The van der Waals surface area contributed by atoms with Gasteiger partial charge in [0, 0.05) is 18.9 Å². The topological polar surface area (TPSA) is 90.1 Å². The van der Waals surface area contributed by atoms with Crippen LogP contribution in [-0.2, 0) is 16.8 Å². The van der Waals surface area contributed by atoms with Gasteiger partial charge in [0.25, 0.3) is 0 Å². The quantitative estimate of drug-likeness (QED) is 0.648. The zero-order valence-corrected chi connectivity index (χ0v) is 13.7. The highest BCUT2D eigenvalue weighted by atomic mass is 19.1. The monoisotopic (exact) mass is 334 g/mol. The summed E-state index contributed by atoms with van der Waals surface area (Å²) in [6.45, 7) is 5.78. The van der Waals surface area contributed by atoms with Gasteiger partial charge < -0.3 is 15.4 Å². The highest BCUT2D eigenvalue weighted by Gasteiger charge is 2.22. The Kier molecular flexibility index (Phi) is 4.96. The molecular formula is C16H19FN4O3. The zero-order chi connectivity index (χ0) is 17.9. The molecule has 0 unspecified atom stereocenters. The Morgan fingerprint density at radius 2 is 2.00 bits per heavy atom. The van der Waals surface area contributed by atoms with E-state index >= 15 is 0 Å². The normalized spacial score (nSPS) is 11.3. The fourth-order valence-electron chi connectivity index (χ4n) is 2.27. The average Bonchev–Trinajstić information content (AvgIpc) is 2.87. The summed E-state index contributed by atoms with van der Waals surface area (Å²) in [6.07, 6.45) is 1.24. The number of nitro groups is 1. The van der Waals surface area contributed by atoms with Crippen molar-refractivity contribution >= 4 is 11.7 Å². The van der Waals surface area contributed by atoms with E-state index in [0.29, 0.717) is 12.4 Å². The van der Waals surface area contributed by atoms with Crippen molar-refractivity contribution in [3.05, 3.63) is 57.8 Å². The Morgan fingerprint density at radius 3 is 2.54 bits per heavy atom. The number of hydrogen-bond acceptors (Lipinski definition) is 4. The van der Waals surface area contributed by atoms with Gasteiger partial charge in [0.15, 0.2) is 0 Å². The number of nitrogens with zero attached hydrogens (tertiary/aromatic N) is 3. The second-order valence-electron chi connectivity index (χ2n) is 6.20. The van der Waals surface area contributed by atoms with Crippen molar-refractivity contribution in [2.75, 3.05) is 6.54 Å². The van der Waals surface area contributed by atoms with Gasteiger partial charge in [0.05, 0.1) is 0 Å². The first kappa shape index (κ1) is 17.6. The van der Waals surface area contributed by atoms with Crippen LogP contribution in [0.5, 0.6) is 0 Å². The molecule has 0 aliphatic rings. The number of aryl methyl sites for hydroxylation is 1. The Bertz CT molecular complexity index is 753. The van der Waals surface area contributed by atoms with Gasteiger partial charge in [-0.3, -0.25) is 9.36 Å². The lowest BCUT2D eigenvalue weighted by Gasteiger charge is -2.25. The van der Waals surface area contributed by atoms with Crippen molar-refractivity contribution in [3.63, 3.8) is 0 Å². The molecule has 0 bridgehead atoms. The molecule has 0 aliphatic carbocycles. The first-order valence-electron chi connectivity index (χ1n) is 7.40. The number of imidazole rings is 1. The van der Waals surface area contributed by atoms with Crippen LogP contribution in [0, 0.1) is 22.9 Å². The summed E-state index contributed by atoms with van der Waals surface area (Å²) in [5.41, 5.74) is 0.526. The van der Waals surface area contributed by atoms with Crippen molar-refractivity contribution in [2.45, 2.75) is 32.7 Å². The summed E-state index contributed by atoms with van der Waals surface area (Å²) in [7, 11) is 0. The molecule has 7 nitrogen and oxygen atoms in total. The number of amides is 1. The van der Waals surface area contributed by atoms with E-state index in [9.17, 15) is 19.3 Å². The van der Waals surface area contributed by atoms with Crippen molar-refractivity contribution in [3.8, 4) is 0 Å². The largest absolute Gasteiger partial charge is 0.381 e. The standard InChI is InChI=1S/C16H19FN4O3/c1-11-19-14(21(23)24)8-20(11)9-15(22)18-10-16(2,3)12-4-6-13(17)7-5-12/h4-8H,9-10H2,1-3H3,(H,18,22). The van der Waals surface area contributed by atoms with Gasteiger partial charge in [-0.05, 0) is 27.6 Å². The van der Waals surface area contributed by atoms with Crippen LogP contribution in [0.25, 0.3) is 0 Å². The fraction of sp³-hybridized carbons (Fsp3) is 0.375. The predicted octanol–water partition coefficient (Wildman–Crippen LogP) is 2.33. The molecule has 1 heterocycles. The number of carbonyl (C=O) groups excluding carboxylic acids is 1. The molecule has 0 aliphatic heterocycles. The number of carbonyl (C=O) groups is 1. The molecule has 0 atom stereocenters. The van der Waals surface area contributed by atoms with Gasteiger partial charge in [-0.2, -0.15) is 0 Å². The molecular weight excluding hydrogens is 315 g/mol. The number of benzene rings is 1. The fourth-order valence-corrected chi connectivity index (χ4v) is 2.27. The lowest BCUT2D eigenvalue weighted by Crippen LogP contribution is -2.38. The molecule has 2 rings (SSSR count). The van der Waals surface area contributed by atoms with E-state index in [-0.39, 0.29) is 29.5 Å². The van der Waals surface area contributed by atoms with Crippen LogP contribution in [0.1, 0.15) is 25.2 Å². The van der Waals surface area contributed by atoms with Crippen LogP contribution < -0.4 is 5.32 Å². The van der Waals surface area contributed by atoms with Gasteiger partial charge in [-0.25, -0.2) is 4.39 Å². The maximum atomic E-state index is 13.0. The van der Waals surface area contributed by atoms with E-state index in [1.807, 2.05) is 13.8 Å². The zero-order valence-electron chi connectivity index (χ0n) is 13.7. The molecule has 0 saturated heterocycles. The molecule has 8 heteroatoms. The summed E-state index contributed by atoms with van der Waals surface area (Å²) in [6, 6.07) is 6.13. The van der Waals surface area contributed by atoms with E-state index in [2.05, 4.69) is 10.3 Å². The van der Waals surface area contributed by atoms with E-state index in [1.165, 1.54) is 22.9 Å². The smallest absolute Gasteiger partial charge is 0.358 e. The second-order valence-corrected chi connectivity index (χ2v) is 6.20. The number of aromatic nitrogens is 2. The third kappa shape index (κ3) is 4.15. The van der Waals surface area contributed by atoms with E-state index in [1.54, 1.807) is 19.1 Å². The van der Waals surface area contributed by atoms with Crippen molar-refractivity contribution < 1.29 is 14.1 Å². The third-order valence-corrected chi connectivity index (χ3v) is 3.82. The minimum atomic E-state index is -0.598. The Balaban J connectivity index is 1.97. The Hall–Kier alpha value is -2.77. The second kappa shape index (κ2) is 6.77. The molecule has 1 amide bonds. The maximum Gasteiger partial charge on any atom is 0.381 e. The van der Waals surface area contributed by atoms with Crippen molar-refractivity contribution in [1.29, 1.82) is 0 Å². The predicted molar refractivity (Wildman–Crippen MR) is 86.1 cm³/mol. The average molecular weight is 334 g/mol. The van der Waals surface area contributed by atoms with Crippen LogP contribution in [0.4, 0.5) is 10.2 Å². The lowest BCUT2D eigenvalue weighted by molar-refractivity contribution is -0.389. The SMILES string of the molecule is Cc1nc([N+](=O)[O-])cn1CC(=O)NCC(C)(C)c1ccc(F)cc1. The molecule has 2 aromatic rings. The minimum absolute atomic E-state index is 0.0494. The molecule has 1 aromatic heterocycles. The third-order valence-electron chi connectivity index (χ3n) is 3.82. The molecule has 0 spiro atoms. The van der Waals surface area contributed by atoms with Crippen molar-refractivity contribution in [1.82, 2.24) is 14.9 Å².